The Kier molecular flexibility index (Phi) is 6.97. The zero-order chi connectivity index (χ0) is 19.1. The third-order valence-corrected chi connectivity index (χ3v) is 6.50. The summed E-state index contributed by atoms with van der Waals surface area (Å²) in [4.78, 5) is 17.1. The lowest BCUT2D eigenvalue weighted by Crippen LogP contribution is -2.45. The van der Waals surface area contributed by atoms with E-state index in [0.29, 0.717) is 6.54 Å². The number of hydrogen-bond acceptors (Lipinski definition) is 3. The van der Waals surface area contributed by atoms with Crippen LogP contribution in [0.4, 0.5) is 0 Å². The van der Waals surface area contributed by atoms with Gasteiger partial charge in [-0.1, -0.05) is 49.4 Å². The number of likely N-dealkylation sites (tertiary alicyclic amines) is 1. The summed E-state index contributed by atoms with van der Waals surface area (Å²) in [6, 6.07) is 18.8. The van der Waals surface area contributed by atoms with E-state index in [1.54, 1.807) is 11.8 Å². The van der Waals surface area contributed by atoms with Gasteiger partial charge in [-0.15, -0.1) is 11.8 Å². The minimum atomic E-state index is -0.426. The summed E-state index contributed by atoms with van der Waals surface area (Å²) in [7, 11) is 0. The smallest absolute Gasteiger partial charge is 0.230 e. The number of benzene rings is 2. The predicted octanol–water partition coefficient (Wildman–Crippen LogP) is 4.47. The van der Waals surface area contributed by atoms with Crippen molar-refractivity contribution < 1.29 is 4.79 Å². The van der Waals surface area contributed by atoms with E-state index in [9.17, 15) is 4.79 Å². The van der Waals surface area contributed by atoms with Gasteiger partial charge in [0, 0.05) is 11.4 Å². The van der Waals surface area contributed by atoms with Gasteiger partial charge in [0.2, 0.25) is 5.91 Å². The highest BCUT2D eigenvalue weighted by atomic mass is 32.2. The molecule has 1 N–H and O–H groups in total. The molecule has 1 unspecified atom stereocenters. The number of carbonyl (C=O) groups is 1. The number of amides is 1. The van der Waals surface area contributed by atoms with Crippen molar-refractivity contribution in [2.75, 3.05) is 25.9 Å². The molecular formula is C23H30N2OS. The molecule has 0 spiro atoms. The molecule has 27 heavy (non-hydrogen) atoms. The van der Waals surface area contributed by atoms with Gasteiger partial charge in [-0.05, 0) is 68.4 Å². The molecule has 1 heterocycles. The first-order chi connectivity index (χ1) is 13.2. The highest BCUT2D eigenvalue weighted by Crippen LogP contribution is 2.36. The Hall–Kier alpha value is -1.78. The topological polar surface area (TPSA) is 32.3 Å². The van der Waals surface area contributed by atoms with Gasteiger partial charge in [-0.2, -0.15) is 0 Å². The van der Waals surface area contributed by atoms with E-state index in [1.807, 2.05) is 18.2 Å². The minimum absolute atomic E-state index is 0.167. The first kappa shape index (κ1) is 20.0. The first-order valence-electron chi connectivity index (χ1n) is 9.87. The second kappa shape index (κ2) is 9.43. The van der Waals surface area contributed by atoms with Gasteiger partial charge < -0.3 is 10.2 Å². The van der Waals surface area contributed by atoms with E-state index in [2.05, 4.69) is 59.8 Å². The van der Waals surface area contributed by atoms with Gasteiger partial charge in [0.05, 0.1) is 5.41 Å². The van der Waals surface area contributed by atoms with Crippen molar-refractivity contribution in [1.29, 1.82) is 0 Å². The van der Waals surface area contributed by atoms with Crippen LogP contribution in [-0.4, -0.2) is 36.7 Å². The Morgan fingerprint density at radius 3 is 2.48 bits per heavy atom. The van der Waals surface area contributed by atoms with Gasteiger partial charge in [0.1, 0.15) is 0 Å². The van der Waals surface area contributed by atoms with Crippen LogP contribution in [-0.2, 0) is 16.8 Å². The van der Waals surface area contributed by atoms with Gasteiger partial charge >= 0.3 is 0 Å². The molecule has 3 rings (SSSR count). The molecule has 2 aromatic rings. The molecule has 0 radical (unpaired) electrons. The van der Waals surface area contributed by atoms with Crippen LogP contribution in [0.1, 0.15) is 37.3 Å². The van der Waals surface area contributed by atoms with E-state index >= 15 is 0 Å². The summed E-state index contributed by atoms with van der Waals surface area (Å²) in [5, 5.41) is 3.24. The molecule has 0 saturated carbocycles. The summed E-state index contributed by atoms with van der Waals surface area (Å²) < 4.78 is 0. The molecule has 1 aliphatic rings. The molecule has 1 atom stereocenters. The molecular weight excluding hydrogens is 352 g/mol. The molecule has 1 amide bonds. The second-order valence-electron chi connectivity index (χ2n) is 7.27. The largest absolute Gasteiger partial charge is 0.351 e. The maximum absolute atomic E-state index is 13.4. The number of carbonyl (C=O) groups excluding carboxylic acids is 1. The fourth-order valence-electron chi connectivity index (χ4n) is 4.01. The monoisotopic (exact) mass is 382 g/mol. The summed E-state index contributed by atoms with van der Waals surface area (Å²) in [5.74, 6) is 0.167. The Morgan fingerprint density at radius 1 is 1.07 bits per heavy atom. The summed E-state index contributed by atoms with van der Waals surface area (Å²) >= 11 is 1.73. The zero-order valence-electron chi connectivity index (χ0n) is 16.4. The van der Waals surface area contributed by atoms with Crippen molar-refractivity contribution in [3.63, 3.8) is 0 Å². The number of hydrogen-bond donors (Lipinski definition) is 1. The highest BCUT2D eigenvalue weighted by Gasteiger charge is 2.40. The lowest BCUT2D eigenvalue weighted by Gasteiger charge is -2.32. The SMILES string of the molecule is CCN1CCCC(C(=O)NCc2ccc(SC)cc2)(c2ccccc2)CC1. The van der Waals surface area contributed by atoms with E-state index in [0.717, 1.165) is 50.0 Å². The van der Waals surface area contributed by atoms with Crippen LogP contribution in [0.15, 0.2) is 59.5 Å². The van der Waals surface area contributed by atoms with Crippen molar-refractivity contribution in [2.45, 2.75) is 43.0 Å². The van der Waals surface area contributed by atoms with Crippen molar-refractivity contribution in [3.8, 4) is 0 Å². The minimum Gasteiger partial charge on any atom is -0.351 e. The van der Waals surface area contributed by atoms with E-state index in [1.165, 1.54) is 4.90 Å². The fraction of sp³-hybridized carbons (Fsp3) is 0.435. The van der Waals surface area contributed by atoms with Crippen molar-refractivity contribution in [2.24, 2.45) is 0 Å². The number of rotatable bonds is 6. The van der Waals surface area contributed by atoms with Gasteiger partial charge in [0.15, 0.2) is 0 Å². The average molecular weight is 383 g/mol. The summed E-state index contributed by atoms with van der Waals surface area (Å²) in [6.07, 6.45) is 4.91. The molecule has 0 bridgehead atoms. The van der Waals surface area contributed by atoms with Crippen LogP contribution < -0.4 is 5.32 Å². The van der Waals surface area contributed by atoms with Crippen LogP contribution in [0.3, 0.4) is 0 Å². The number of thioether (sulfide) groups is 1. The third kappa shape index (κ3) is 4.74. The zero-order valence-corrected chi connectivity index (χ0v) is 17.2. The standard InChI is InChI=1S/C23H30N2OS/c1-3-25-16-7-14-23(15-17-25,20-8-5-4-6-9-20)22(26)24-18-19-10-12-21(27-2)13-11-19/h4-6,8-13H,3,7,14-18H2,1-2H3,(H,24,26). The third-order valence-electron chi connectivity index (χ3n) is 5.75. The van der Waals surface area contributed by atoms with E-state index < -0.39 is 5.41 Å². The number of nitrogens with zero attached hydrogens (tertiary/aromatic N) is 1. The van der Waals surface area contributed by atoms with Gasteiger partial charge in [-0.25, -0.2) is 0 Å². The molecule has 1 saturated heterocycles. The first-order valence-corrected chi connectivity index (χ1v) is 11.1. The van der Waals surface area contributed by atoms with E-state index in [4.69, 9.17) is 0 Å². The molecule has 1 aliphatic heterocycles. The van der Waals surface area contributed by atoms with Crippen LogP contribution in [0.2, 0.25) is 0 Å². The lowest BCUT2D eigenvalue weighted by molar-refractivity contribution is -0.127. The van der Waals surface area contributed by atoms with Gasteiger partial charge in [0.25, 0.3) is 0 Å². The van der Waals surface area contributed by atoms with Crippen LogP contribution in [0, 0.1) is 0 Å². The van der Waals surface area contributed by atoms with E-state index in [-0.39, 0.29) is 5.91 Å². The molecule has 144 valence electrons. The molecule has 3 nitrogen and oxygen atoms in total. The summed E-state index contributed by atoms with van der Waals surface area (Å²) in [5.41, 5.74) is 1.87. The molecule has 1 fully saturated rings. The average Bonchev–Trinajstić information content (AvgIpc) is 2.96. The highest BCUT2D eigenvalue weighted by molar-refractivity contribution is 7.98. The number of nitrogens with one attached hydrogen (secondary N) is 1. The normalized spacial score (nSPS) is 20.8. The maximum Gasteiger partial charge on any atom is 0.230 e. The Balaban J connectivity index is 1.78. The fourth-order valence-corrected chi connectivity index (χ4v) is 4.41. The van der Waals surface area contributed by atoms with Crippen molar-refractivity contribution in [1.82, 2.24) is 10.2 Å². The molecule has 2 aromatic carbocycles. The maximum atomic E-state index is 13.4. The van der Waals surface area contributed by atoms with Crippen LogP contribution in [0.25, 0.3) is 0 Å². The van der Waals surface area contributed by atoms with Crippen molar-refractivity contribution >= 4 is 17.7 Å². The van der Waals surface area contributed by atoms with Crippen LogP contribution >= 0.6 is 11.8 Å². The second-order valence-corrected chi connectivity index (χ2v) is 8.15. The molecule has 4 heteroatoms. The molecule has 0 aromatic heterocycles. The Morgan fingerprint density at radius 2 is 1.81 bits per heavy atom. The lowest BCUT2D eigenvalue weighted by atomic mass is 9.73. The quantitative estimate of drug-likeness (QED) is 0.748. The Bertz CT molecular complexity index is 732. The van der Waals surface area contributed by atoms with Gasteiger partial charge in [-0.3, -0.25) is 4.79 Å². The predicted molar refractivity (Wildman–Crippen MR) is 114 cm³/mol. The van der Waals surface area contributed by atoms with Crippen molar-refractivity contribution in [3.05, 3.63) is 65.7 Å². The molecule has 0 aliphatic carbocycles. The Labute approximate surface area is 167 Å². The summed E-state index contributed by atoms with van der Waals surface area (Å²) in [6.45, 7) is 5.89. The van der Waals surface area contributed by atoms with Crippen LogP contribution in [0.5, 0.6) is 0 Å².